The number of hydrogen-bond acceptors (Lipinski definition) is 5. The van der Waals surface area contributed by atoms with Gasteiger partial charge < -0.3 is 5.32 Å². The van der Waals surface area contributed by atoms with Gasteiger partial charge in [-0.25, -0.2) is 9.97 Å². The molecule has 2 aromatic rings. The predicted octanol–water partition coefficient (Wildman–Crippen LogP) is 2.31. The van der Waals surface area contributed by atoms with Crippen LogP contribution in [0.25, 0.3) is 0 Å². The van der Waals surface area contributed by atoms with Crippen molar-refractivity contribution in [2.75, 3.05) is 5.32 Å². The predicted molar refractivity (Wildman–Crippen MR) is 67.2 cm³/mol. The van der Waals surface area contributed by atoms with Crippen molar-refractivity contribution in [3.05, 3.63) is 58.2 Å². The van der Waals surface area contributed by atoms with Crippen molar-refractivity contribution in [1.29, 1.82) is 0 Å². The Hall–Kier alpha value is -2.50. The van der Waals surface area contributed by atoms with Gasteiger partial charge in [-0.05, 0) is 18.6 Å². The lowest BCUT2D eigenvalue weighted by molar-refractivity contribution is -0.384. The van der Waals surface area contributed by atoms with E-state index in [2.05, 4.69) is 15.3 Å². The van der Waals surface area contributed by atoms with E-state index < -0.39 is 4.92 Å². The van der Waals surface area contributed by atoms with Gasteiger partial charge in [-0.1, -0.05) is 6.07 Å². The number of benzene rings is 1. The number of aryl methyl sites for hydroxylation is 1. The molecule has 0 saturated carbocycles. The standard InChI is InChI=1S/C12H12N4O2/c1-9-2-3-11(12(4-9)16(17)18)15-7-10-5-13-8-14-6-10/h2-6,8,15H,7H2,1H3. The lowest BCUT2D eigenvalue weighted by Gasteiger charge is -2.07. The summed E-state index contributed by atoms with van der Waals surface area (Å²) < 4.78 is 0. The van der Waals surface area contributed by atoms with Crippen LogP contribution < -0.4 is 5.32 Å². The fourth-order valence-corrected chi connectivity index (χ4v) is 1.56. The Kier molecular flexibility index (Phi) is 3.47. The van der Waals surface area contributed by atoms with Crippen molar-refractivity contribution in [2.24, 2.45) is 0 Å². The van der Waals surface area contributed by atoms with Gasteiger partial charge in [0.1, 0.15) is 12.0 Å². The van der Waals surface area contributed by atoms with E-state index in [-0.39, 0.29) is 5.69 Å². The van der Waals surface area contributed by atoms with E-state index in [9.17, 15) is 10.1 Å². The molecule has 0 saturated heterocycles. The summed E-state index contributed by atoms with van der Waals surface area (Å²) in [4.78, 5) is 18.3. The van der Waals surface area contributed by atoms with Crippen molar-refractivity contribution >= 4 is 11.4 Å². The van der Waals surface area contributed by atoms with Crippen molar-refractivity contribution in [3.8, 4) is 0 Å². The number of aromatic nitrogens is 2. The monoisotopic (exact) mass is 244 g/mol. The Labute approximate surface area is 104 Å². The van der Waals surface area contributed by atoms with Crippen LogP contribution in [0.1, 0.15) is 11.1 Å². The van der Waals surface area contributed by atoms with Crippen molar-refractivity contribution in [3.63, 3.8) is 0 Å². The van der Waals surface area contributed by atoms with Crippen LogP contribution in [0.3, 0.4) is 0 Å². The Morgan fingerprint density at radius 1 is 1.33 bits per heavy atom. The maximum Gasteiger partial charge on any atom is 0.292 e. The molecule has 0 fully saturated rings. The molecular formula is C12H12N4O2. The third-order valence-electron chi connectivity index (χ3n) is 2.45. The molecule has 92 valence electrons. The van der Waals surface area contributed by atoms with E-state index in [0.29, 0.717) is 12.2 Å². The van der Waals surface area contributed by atoms with Crippen LogP contribution >= 0.6 is 0 Å². The number of hydrogen-bond donors (Lipinski definition) is 1. The number of rotatable bonds is 4. The van der Waals surface area contributed by atoms with Gasteiger partial charge in [0.25, 0.3) is 5.69 Å². The Balaban J connectivity index is 2.17. The largest absolute Gasteiger partial charge is 0.375 e. The maximum absolute atomic E-state index is 10.9. The number of nitrogens with one attached hydrogen (secondary N) is 1. The third kappa shape index (κ3) is 2.79. The van der Waals surface area contributed by atoms with E-state index in [1.54, 1.807) is 24.5 Å². The first-order chi connectivity index (χ1) is 8.66. The highest BCUT2D eigenvalue weighted by molar-refractivity contribution is 5.62. The zero-order chi connectivity index (χ0) is 13.0. The van der Waals surface area contributed by atoms with Crippen molar-refractivity contribution in [1.82, 2.24) is 9.97 Å². The highest BCUT2D eigenvalue weighted by atomic mass is 16.6. The summed E-state index contributed by atoms with van der Waals surface area (Å²) in [6.45, 7) is 2.27. The molecule has 0 unspecified atom stereocenters. The fraction of sp³-hybridized carbons (Fsp3) is 0.167. The lowest BCUT2D eigenvalue weighted by Crippen LogP contribution is -2.03. The minimum atomic E-state index is -0.392. The van der Waals surface area contributed by atoms with Gasteiger partial charge in [-0.2, -0.15) is 0 Å². The summed E-state index contributed by atoms with van der Waals surface area (Å²) in [5, 5.41) is 13.9. The molecule has 1 aromatic heterocycles. The van der Waals surface area contributed by atoms with Crippen LogP contribution in [-0.2, 0) is 6.54 Å². The summed E-state index contributed by atoms with van der Waals surface area (Å²) in [5.41, 5.74) is 2.30. The van der Waals surface area contributed by atoms with Gasteiger partial charge in [0.15, 0.2) is 0 Å². The van der Waals surface area contributed by atoms with Crippen LogP contribution in [0.4, 0.5) is 11.4 Å². The molecule has 6 heteroatoms. The van der Waals surface area contributed by atoms with Gasteiger partial charge in [0, 0.05) is 30.6 Å². The topological polar surface area (TPSA) is 81.0 Å². The van der Waals surface area contributed by atoms with E-state index in [1.165, 1.54) is 6.33 Å². The van der Waals surface area contributed by atoms with Crippen LogP contribution in [0.5, 0.6) is 0 Å². The van der Waals surface area contributed by atoms with Gasteiger partial charge in [0.2, 0.25) is 0 Å². The zero-order valence-corrected chi connectivity index (χ0v) is 9.83. The highest BCUT2D eigenvalue weighted by Crippen LogP contribution is 2.25. The molecule has 6 nitrogen and oxygen atoms in total. The first kappa shape index (κ1) is 12.0. The third-order valence-corrected chi connectivity index (χ3v) is 2.45. The van der Waals surface area contributed by atoms with Crippen molar-refractivity contribution < 1.29 is 4.92 Å². The Morgan fingerprint density at radius 3 is 2.72 bits per heavy atom. The quantitative estimate of drug-likeness (QED) is 0.659. The normalized spacial score (nSPS) is 10.1. The summed E-state index contributed by atoms with van der Waals surface area (Å²) >= 11 is 0. The van der Waals surface area contributed by atoms with Gasteiger partial charge in [-0.3, -0.25) is 10.1 Å². The van der Waals surface area contributed by atoms with E-state index >= 15 is 0 Å². The van der Waals surface area contributed by atoms with Gasteiger partial charge in [0.05, 0.1) is 4.92 Å². The molecule has 18 heavy (non-hydrogen) atoms. The molecular weight excluding hydrogens is 232 g/mol. The maximum atomic E-state index is 10.9. The number of nitro benzene ring substituents is 1. The minimum absolute atomic E-state index is 0.0758. The molecule has 0 atom stereocenters. The SMILES string of the molecule is Cc1ccc(NCc2cncnc2)c([N+](=O)[O-])c1. The molecule has 0 aliphatic heterocycles. The molecule has 1 N–H and O–H groups in total. The van der Waals surface area contributed by atoms with E-state index in [4.69, 9.17) is 0 Å². The first-order valence-electron chi connectivity index (χ1n) is 5.39. The highest BCUT2D eigenvalue weighted by Gasteiger charge is 2.13. The minimum Gasteiger partial charge on any atom is -0.375 e. The van der Waals surface area contributed by atoms with Crippen LogP contribution in [-0.4, -0.2) is 14.9 Å². The molecule has 0 aliphatic carbocycles. The summed E-state index contributed by atoms with van der Waals surface area (Å²) in [5.74, 6) is 0. The number of nitrogens with zero attached hydrogens (tertiary/aromatic N) is 3. The molecule has 2 rings (SSSR count). The number of anilines is 1. The van der Waals surface area contributed by atoms with Crippen LogP contribution in [0.2, 0.25) is 0 Å². The number of nitro groups is 1. The molecule has 1 aromatic carbocycles. The summed E-state index contributed by atoms with van der Waals surface area (Å²) in [6, 6.07) is 5.08. The second-order valence-electron chi connectivity index (χ2n) is 3.88. The van der Waals surface area contributed by atoms with E-state index in [0.717, 1.165) is 11.1 Å². The Morgan fingerprint density at radius 2 is 2.06 bits per heavy atom. The molecule has 0 spiro atoms. The average molecular weight is 244 g/mol. The van der Waals surface area contributed by atoms with Crippen molar-refractivity contribution in [2.45, 2.75) is 13.5 Å². The Bertz CT molecular complexity index is 557. The molecule has 0 amide bonds. The smallest absolute Gasteiger partial charge is 0.292 e. The summed E-state index contributed by atoms with van der Waals surface area (Å²) in [7, 11) is 0. The molecule has 0 bridgehead atoms. The van der Waals surface area contributed by atoms with Gasteiger partial charge >= 0.3 is 0 Å². The lowest BCUT2D eigenvalue weighted by atomic mass is 10.2. The first-order valence-corrected chi connectivity index (χ1v) is 5.39. The molecule has 1 heterocycles. The summed E-state index contributed by atoms with van der Waals surface area (Å²) in [6.07, 6.45) is 4.78. The van der Waals surface area contributed by atoms with E-state index in [1.807, 2.05) is 13.0 Å². The second kappa shape index (κ2) is 5.22. The molecule has 0 radical (unpaired) electrons. The molecule has 0 aliphatic rings. The second-order valence-corrected chi connectivity index (χ2v) is 3.88. The fourth-order valence-electron chi connectivity index (χ4n) is 1.56. The van der Waals surface area contributed by atoms with Gasteiger partial charge in [-0.15, -0.1) is 0 Å². The zero-order valence-electron chi connectivity index (χ0n) is 9.83. The average Bonchev–Trinajstić information content (AvgIpc) is 2.38. The van der Waals surface area contributed by atoms with Crippen LogP contribution in [0, 0.1) is 17.0 Å². The van der Waals surface area contributed by atoms with Crippen LogP contribution in [0.15, 0.2) is 36.9 Å².